The van der Waals surface area contributed by atoms with Crippen molar-refractivity contribution < 1.29 is 0 Å². The van der Waals surface area contributed by atoms with Crippen LogP contribution >= 0.6 is 0 Å². The molecule has 2 nitrogen and oxygen atoms in total. The SMILES string of the molecule is CC1CC(NCC2NCCc3ccccc32)C1. The van der Waals surface area contributed by atoms with Crippen LogP contribution in [0.15, 0.2) is 24.3 Å². The van der Waals surface area contributed by atoms with E-state index in [-0.39, 0.29) is 0 Å². The molecule has 0 spiro atoms. The Labute approximate surface area is 104 Å². The summed E-state index contributed by atoms with van der Waals surface area (Å²) in [6.07, 6.45) is 3.88. The van der Waals surface area contributed by atoms with Crippen molar-refractivity contribution >= 4 is 0 Å². The standard InChI is InChI=1S/C15H22N2/c1-11-8-13(9-11)17-10-15-14-5-3-2-4-12(14)6-7-16-15/h2-5,11,13,15-17H,6-10H2,1H3. The highest BCUT2D eigenvalue weighted by Crippen LogP contribution is 2.27. The lowest BCUT2D eigenvalue weighted by atomic mass is 9.81. The third-order valence-corrected chi connectivity index (χ3v) is 4.20. The number of fused-ring (bicyclic) bond motifs is 1. The van der Waals surface area contributed by atoms with Gasteiger partial charge in [-0.25, -0.2) is 0 Å². The molecule has 1 aliphatic heterocycles. The smallest absolute Gasteiger partial charge is 0.0449 e. The van der Waals surface area contributed by atoms with E-state index in [9.17, 15) is 0 Å². The maximum absolute atomic E-state index is 3.70. The average Bonchev–Trinajstić information content (AvgIpc) is 2.33. The Hall–Kier alpha value is -0.860. The molecule has 0 amide bonds. The molecule has 0 saturated heterocycles. The fourth-order valence-electron chi connectivity index (χ4n) is 3.13. The molecule has 1 aromatic rings. The highest BCUT2D eigenvalue weighted by Gasteiger charge is 2.26. The van der Waals surface area contributed by atoms with Crippen LogP contribution in [0.3, 0.4) is 0 Å². The van der Waals surface area contributed by atoms with Crippen molar-refractivity contribution in [1.82, 2.24) is 10.6 Å². The van der Waals surface area contributed by atoms with Crippen molar-refractivity contribution in [3.63, 3.8) is 0 Å². The van der Waals surface area contributed by atoms with Crippen LogP contribution in [0, 0.1) is 5.92 Å². The number of benzene rings is 1. The second kappa shape index (κ2) is 4.79. The summed E-state index contributed by atoms with van der Waals surface area (Å²) in [5.41, 5.74) is 3.03. The summed E-state index contributed by atoms with van der Waals surface area (Å²) >= 11 is 0. The molecule has 0 aromatic heterocycles. The summed E-state index contributed by atoms with van der Waals surface area (Å²) < 4.78 is 0. The summed E-state index contributed by atoms with van der Waals surface area (Å²) in [5, 5.41) is 7.33. The fraction of sp³-hybridized carbons (Fsp3) is 0.600. The molecule has 1 unspecified atom stereocenters. The maximum atomic E-state index is 3.70. The first kappa shape index (κ1) is 11.2. The normalized spacial score (nSPS) is 31.7. The molecule has 2 aliphatic rings. The molecular formula is C15H22N2. The molecule has 1 atom stereocenters. The van der Waals surface area contributed by atoms with Crippen LogP contribution in [-0.4, -0.2) is 19.1 Å². The van der Waals surface area contributed by atoms with Crippen molar-refractivity contribution in [2.75, 3.05) is 13.1 Å². The van der Waals surface area contributed by atoms with E-state index < -0.39 is 0 Å². The molecule has 2 heteroatoms. The minimum atomic E-state index is 0.510. The summed E-state index contributed by atoms with van der Waals surface area (Å²) in [4.78, 5) is 0. The number of hydrogen-bond acceptors (Lipinski definition) is 2. The molecule has 1 saturated carbocycles. The van der Waals surface area contributed by atoms with E-state index in [2.05, 4.69) is 41.8 Å². The van der Waals surface area contributed by atoms with Gasteiger partial charge in [0, 0.05) is 18.6 Å². The van der Waals surface area contributed by atoms with Gasteiger partial charge in [-0.3, -0.25) is 0 Å². The van der Waals surface area contributed by atoms with E-state index in [1.807, 2.05) is 0 Å². The highest BCUT2D eigenvalue weighted by molar-refractivity contribution is 5.32. The van der Waals surface area contributed by atoms with Crippen LogP contribution in [0.5, 0.6) is 0 Å². The van der Waals surface area contributed by atoms with Crippen LogP contribution in [0.2, 0.25) is 0 Å². The molecule has 2 N–H and O–H groups in total. The van der Waals surface area contributed by atoms with Crippen LogP contribution in [0.1, 0.15) is 36.9 Å². The predicted octanol–water partition coefficient (Wildman–Crippen LogP) is 2.26. The first-order valence-corrected chi connectivity index (χ1v) is 6.87. The Morgan fingerprint density at radius 2 is 2.12 bits per heavy atom. The van der Waals surface area contributed by atoms with Crippen LogP contribution < -0.4 is 10.6 Å². The summed E-state index contributed by atoms with van der Waals surface area (Å²) in [5.74, 6) is 0.930. The second-order valence-corrected chi connectivity index (χ2v) is 5.64. The van der Waals surface area contributed by atoms with Gasteiger partial charge in [-0.1, -0.05) is 31.2 Å². The van der Waals surface area contributed by atoms with Gasteiger partial charge in [-0.15, -0.1) is 0 Å². The van der Waals surface area contributed by atoms with Gasteiger partial charge >= 0.3 is 0 Å². The topological polar surface area (TPSA) is 24.1 Å². The molecule has 1 aromatic carbocycles. The first-order chi connectivity index (χ1) is 8.33. The van der Waals surface area contributed by atoms with E-state index in [1.54, 1.807) is 0 Å². The average molecular weight is 230 g/mol. The van der Waals surface area contributed by atoms with Crippen molar-refractivity contribution in [2.24, 2.45) is 5.92 Å². The number of rotatable bonds is 3. The lowest BCUT2D eigenvalue weighted by Gasteiger charge is -2.36. The van der Waals surface area contributed by atoms with Crippen molar-refractivity contribution in [3.05, 3.63) is 35.4 Å². The zero-order valence-corrected chi connectivity index (χ0v) is 10.6. The minimum absolute atomic E-state index is 0.510. The molecule has 1 aliphatic carbocycles. The third-order valence-electron chi connectivity index (χ3n) is 4.20. The molecule has 17 heavy (non-hydrogen) atoms. The van der Waals surface area contributed by atoms with Crippen LogP contribution in [-0.2, 0) is 6.42 Å². The highest BCUT2D eigenvalue weighted by atomic mass is 15.0. The fourth-order valence-corrected chi connectivity index (χ4v) is 3.13. The molecule has 3 rings (SSSR count). The Kier molecular flexibility index (Phi) is 3.17. The van der Waals surface area contributed by atoms with Crippen molar-refractivity contribution in [1.29, 1.82) is 0 Å². The Morgan fingerprint density at radius 1 is 1.29 bits per heavy atom. The van der Waals surface area contributed by atoms with E-state index in [0.29, 0.717) is 6.04 Å². The van der Waals surface area contributed by atoms with Crippen molar-refractivity contribution in [3.8, 4) is 0 Å². The van der Waals surface area contributed by atoms with E-state index in [1.165, 1.54) is 30.4 Å². The maximum Gasteiger partial charge on any atom is 0.0449 e. The lowest BCUT2D eigenvalue weighted by molar-refractivity contribution is 0.234. The molecule has 92 valence electrons. The van der Waals surface area contributed by atoms with Gasteiger partial charge in [0.2, 0.25) is 0 Å². The van der Waals surface area contributed by atoms with Gasteiger partial charge in [0.15, 0.2) is 0 Å². The van der Waals surface area contributed by atoms with Crippen LogP contribution in [0.4, 0.5) is 0 Å². The van der Waals surface area contributed by atoms with Gasteiger partial charge in [0.25, 0.3) is 0 Å². The molecular weight excluding hydrogens is 208 g/mol. The Balaban J connectivity index is 1.61. The first-order valence-electron chi connectivity index (χ1n) is 6.87. The van der Waals surface area contributed by atoms with Gasteiger partial charge in [0.05, 0.1) is 0 Å². The minimum Gasteiger partial charge on any atom is -0.312 e. The number of hydrogen-bond donors (Lipinski definition) is 2. The molecule has 0 bridgehead atoms. The molecule has 1 heterocycles. The van der Waals surface area contributed by atoms with E-state index in [0.717, 1.165) is 25.0 Å². The third kappa shape index (κ3) is 2.38. The lowest BCUT2D eigenvalue weighted by Crippen LogP contribution is -2.45. The predicted molar refractivity (Wildman–Crippen MR) is 71.1 cm³/mol. The van der Waals surface area contributed by atoms with Gasteiger partial charge in [-0.05, 0) is 42.9 Å². The summed E-state index contributed by atoms with van der Waals surface area (Å²) in [7, 11) is 0. The summed E-state index contributed by atoms with van der Waals surface area (Å²) in [6, 6.07) is 10.1. The zero-order chi connectivity index (χ0) is 11.7. The van der Waals surface area contributed by atoms with E-state index in [4.69, 9.17) is 0 Å². The summed E-state index contributed by atoms with van der Waals surface area (Å²) in [6.45, 7) is 4.53. The van der Waals surface area contributed by atoms with Gasteiger partial charge < -0.3 is 10.6 Å². The van der Waals surface area contributed by atoms with Crippen molar-refractivity contribution in [2.45, 2.75) is 38.3 Å². The Bertz CT molecular complexity index is 382. The quantitative estimate of drug-likeness (QED) is 0.832. The van der Waals surface area contributed by atoms with Gasteiger partial charge in [0.1, 0.15) is 0 Å². The Morgan fingerprint density at radius 3 is 2.94 bits per heavy atom. The second-order valence-electron chi connectivity index (χ2n) is 5.64. The monoisotopic (exact) mass is 230 g/mol. The zero-order valence-electron chi connectivity index (χ0n) is 10.6. The number of nitrogens with one attached hydrogen (secondary N) is 2. The van der Waals surface area contributed by atoms with E-state index >= 15 is 0 Å². The van der Waals surface area contributed by atoms with Crippen LogP contribution in [0.25, 0.3) is 0 Å². The molecule has 0 radical (unpaired) electrons. The molecule has 1 fully saturated rings. The van der Waals surface area contributed by atoms with Gasteiger partial charge in [-0.2, -0.15) is 0 Å². The largest absolute Gasteiger partial charge is 0.312 e.